The number of nitrogens with zero attached hydrogens (tertiary/aromatic N) is 2. The summed E-state index contributed by atoms with van der Waals surface area (Å²) in [6, 6.07) is 0. The largest absolute Gasteiger partial charge is 0.353 e. The lowest BCUT2D eigenvalue weighted by molar-refractivity contribution is -0.163. The number of aromatic nitrogens is 4. The molecule has 0 aromatic carbocycles. The molecule has 1 atom stereocenters. The van der Waals surface area contributed by atoms with Crippen molar-refractivity contribution < 1.29 is 9.47 Å². The molecule has 0 radical (unpaired) electrons. The van der Waals surface area contributed by atoms with E-state index in [1.54, 1.807) is 7.05 Å². The van der Waals surface area contributed by atoms with Crippen molar-refractivity contribution in [1.29, 1.82) is 0 Å². The number of imidazole rings is 1. The van der Waals surface area contributed by atoms with E-state index in [1.807, 2.05) is 0 Å². The second kappa shape index (κ2) is 6.81. The number of H-pyrrole nitrogens is 2. The molecule has 8 nitrogen and oxygen atoms in total. The Morgan fingerprint density at radius 1 is 1.35 bits per heavy atom. The Labute approximate surface area is 137 Å². The van der Waals surface area contributed by atoms with E-state index in [0.29, 0.717) is 35.5 Å². The van der Waals surface area contributed by atoms with E-state index in [0.717, 1.165) is 25.9 Å². The number of ether oxygens (including phenoxy) is 2. The van der Waals surface area contributed by atoms with Gasteiger partial charge >= 0.3 is 5.69 Å². The smallest absolute Gasteiger partial charge is 0.332 e. The fourth-order valence-electron chi connectivity index (χ4n) is 2.76. The Balaban J connectivity index is 1.71. The molecule has 2 N–H and O–H groups in total. The number of aryl methyl sites for hydroxylation is 1. The van der Waals surface area contributed by atoms with Crippen molar-refractivity contribution in [3.8, 4) is 0 Å². The van der Waals surface area contributed by atoms with Crippen LogP contribution >= 0.6 is 12.2 Å². The van der Waals surface area contributed by atoms with Crippen LogP contribution in [0.2, 0.25) is 0 Å². The highest BCUT2D eigenvalue weighted by Gasteiger charge is 2.15. The van der Waals surface area contributed by atoms with Crippen molar-refractivity contribution in [1.82, 2.24) is 19.1 Å². The molecule has 23 heavy (non-hydrogen) atoms. The number of hydrogen-bond acceptors (Lipinski definition) is 5. The molecule has 1 aliphatic heterocycles. The van der Waals surface area contributed by atoms with Crippen molar-refractivity contribution in [2.75, 3.05) is 13.2 Å². The van der Waals surface area contributed by atoms with Crippen LogP contribution in [0.4, 0.5) is 0 Å². The molecule has 0 amide bonds. The maximum Gasteiger partial charge on any atom is 0.332 e. The Morgan fingerprint density at radius 2 is 2.17 bits per heavy atom. The number of fused-ring (bicyclic) bond motifs is 1. The van der Waals surface area contributed by atoms with Crippen LogP contribution in [0, 0.1) is 4.77 Å². The van der Waals surface area contributed by atoms with Crippen LogP contribution in [0.3, 0.4) is 0 Å². The van der Waals surface area contributed by atoms with Gasteiger partial charge in [0.1, 0.15) is 11.2 Å². The van der Waals surface area contributed by atoms with Crippen LogP contribution in [-0.4, -0.2) is 38.6 Å². The summed E-state index contributed by atoms with van der Waals surface area (Å²) in [5.41, 5.74) is -0.0206. The van der Waals surface area contributed by atoms with Crippen molar-refractivity contribution >= 4 is 23.4 Å². The summed E-state index contributed by atoms with van der Waals surface area (Å²) < 4.78 is 14.0. The first-order valence-electron chi connectivity index (χ1n) is 7.73. The molecule has 1 unspecified atom stereocenters. The Morgan fingerprint density at radius 3 is 2.91 bits per heavy atom. The lowest BCUT2D eigenvalue weighted by Gasteiger charge is -2.22. The highest BCUT2D eigenvalue weighted by Crippen LogP contribution is 2.13. The molecule has 2 aromatic heterocycles. The van der Waals surface area contributed by atoms with Crippen LogP contribution in [0.15, 0.2) is 9.59 Å². The summed E-state index contributed by atoms with van der Waals surface area (Å²) in [4.78, 5) is 30.3. The van der Waals surface area contributed by atoms with Gasteiger partial charge < -0.3 is 19.4 Å². The topological polar surface area (TPSA) is 94.0 Å². The second-order valence-electron chi connectivity index (χ2n) is 5.62. The van der Waals surface area contributed by atoms with Gasteiger partial charge in [-0.2, -0.15) is 0 Å². The van der Waals surface area contributed by atoms with Gasteiger partial charge in [-0.15, -0.1) is 0 Å². The van der Waals surface area contributed by atoms with E-state index in [2.05, 4.69) is 9.97 Å². The first-order valence-corrected chi connectivity index (χ1v) is 8.14. The first-order chi connectivity index (χ1) is 11.1. The molecule has 1 aliphatic rings. The molecule has 2 aromatic rings. The van der Waals surface area contributed by atoms with E-state index in [4.69, 9.17) is 21.7 Å². The van der Waals surface area contributed by atoms with E-state index in [-0.39, 0.29) is 17.5 Å². The maximum atomic E-state index is 12.4. The zero-order chi connectivity index (χ0) is 16.4. The van der Waals surface area contributed by atoms with E-state index in [1.165, 1.54) is 9.13 Å². The summed E-state index contributed by atoms with van der Waals surface area (Å²) in [6.45, 7) is 1.47. The van der Waals surface area contributed by atoms with Gasteiger partial charge in [-0.1, -0.05) is 0 Å². The van der Waals surface area contributed by atoms with Gasteiger partial charge in [-0.3, -0.25) is 13.9 Å². The van der Waals surface area contributed by atoms with Crippen molar-refractivity contribution in [2.24, 2.45) is 7.05 Å². The zero-order valence-corrected chi connectivity index (χ0v) is 13.8. The molecule has 0 aliphatic carbocycles. The standard InChI is InChI=1S/C14H20N4O4S/c1-17-11-10(15-13(23)16-11)12(19)18(14(17)20)6-4-8-22-9-5-2-3-7-21-9/h9H,2-8H2,1H3,(H2,15,16,23). The van der Waals surface area contributed by atoms with Gasteiger partial charge in [0.15, 0.2) is 11.1 Å². The fraction of sp³-hybridized carbons (Fsp3) is 0.643. The molecule has 1 fully saturated rings. The van der Waals surface area contributed by atoms with E-state index >= 15 is 0 Å². The predicted octanol–water partition coefficient (Wildman–Crippen LogP) is 1.02. The molecular weight excluding hydrogens is 320 g/mol. The molecule has 0 spiro atoms. The third-order valence-corrected chi connectivity index (χ3v) is 4.19. The number of rotatable bonds is 5. The predicted molar refractivity (Wildman–Crippen MR) is 87.1 cm³/mol. The summed E-state index contributed by atoms with van der Waals surface area (Å²) in [7, 11) is 1.60. The quantitative estimate of drug-likeness (QED) is 0.626. The van der Waals surface area contributed by atoms with Gasteiger partial charge in [0.05, 0.1) is 6.61 Å². The van der Waals surface area contributed by atoms with Crippen molar-refractivity contribution in [2.45, 2.75) is 38.5 Å². The van der Waals surface area contributed by atoms with Gasteiger partial charge in [0.2, 0.25) is 0 Å². The fourth-order valence-corrected chi connectivity index (χ4v) is 2.95. The van der Waals surface area contributed by atoms with Crippen LogP contribution in [0.25, 0.3) is 11.2 Å². The summed E-state index contributed by atoms with van der Waals surface area (Å²) in [5.74, 6) is 0. The minimum atomic E-state index is -0.373. The van der Waals surface area contributed by atoms with E-state index in [9.17, 15) is 9.59 Å². The van der Waals surface area contributed by atoms with Gasteiger partial charge in [-0.05, 0) is 37.9 Å². The summed E-state index contributed by atoms with van der Waals surface area (Å²) in [5, 5.41) is 0. The van der Waals surface area contributed by atoms with Crippen LogP contribution in [0.1, 0.15) is 25.7 Å². The lowest BCUT2D eigenvalue weighted by Crippen LogP contribution is -2.39. The number of hydrogen-bond donors (Lipinski definition) is 2. The molecule has 126 valence electrons. The van der Waals surface area contributed by atoms with Crippen molar-refractivity contribution in [3.63, 3.8) is 0 Å². The summed E-state index contributed by atoms with van der Waals surface area (Å²) >= 11 is 4.99. The second-order valence-corrected chi connectivity index (χ2v) is 6.03. The van der Waals surface area contributed by atoms with Gasteiger partial charge in [-0.25, -0.2) is 4.79 Å². The van der Waals surface area contributed by atoms with Crippen LogP contribution in [-0.2, 0) is 23.1 Å². The third kappa shape index (κ3) is 3.31. The molecule has 3 rings (SSSR count). The third-order valence-electron chi connectivity index (χ3n) is 3.99. The van der Waals surface area contributed by atoms with Crippen LogP contribution < -0.4 is 11.2 Å². The normalized spacial score (nSPS) is 18.6. The molecule has 9 heteroatoms. The first kappa shape index (κ1) is 16.2. The highest BCUT2D eigenvalue weighted by molar-refractivity contribution is 7.71. The van der Waals surface area contributed by atoms with Gasteiger partial charge in [0, 0.05) is 20.2 Å². The monoisotopic (exact) mass is 340 g/mol. The minimum Gasteiger partial charge on any atom is -0.353 e. The number of nitrogens with one attached hydrogen (secondary N) is 2. The van der Waals surface area contributed by atoms with E-state index < -0.39 is 0 Å². The maximum absolute atomic E-state index is 12.4. The Kier molecular flexibility index (Phi) is 4.79. The SMILES string of the molecule is Cn1c(=O)n(CCCOC2CCCCO2)c(=O)c2[nH]c(=S)[nH]c21. The Hall–Kier alpha value is -1.71. The highest BCUT2D eigenvalue weighted by atomic mass is 32.1. The minimum absolute atomic E-state index is 0.161. The summed E-state index contributed by atoms with van der Waals surface area (Å²) in [6.07, 6.45) is 3.47. The average molecular weight is 340 g/mol. The van der Waals surface area contributed by atoms with Gasteiger partial charge in [0.25, 0.3) is 5.56 Å². The van der Waals surface area contributed by atoms with Crippen molar-refractivity contribution in [3.05, 3.63) is 25.6 Å². The van der Waals surface area contributed by atoms with Crippen LogP contribution in [0.5, 0.6) is 0 Å². The average Bonchev–Trinajstić information content (AvgIpc) is 2.95. The zero-order valence-electron chi connectivity index (χ0n) is 13.0. The molecule has 0 bridgehead atoms. The molecule has 0 saturated carbocycles. The molecule has 1 saturated heterocycles. The molecular formula is C14H20N4O4S. The number of aromatic amines is 2. The Bertz CT molecular complexity index is 856. The lowest BCUT2D eigenvalue weighted by atomic mass is 10.2. The molecule has 3 heterocycles.